The lowest BCUT2D eigenvalue weighted by atomic mass is 10.1. The first-order chi connectivity index (χ1) is 9.92. The van der Waals surface area contributed by atoms with Crippen molar-refractivity contribution in [1.29, 1.82) is 0 Å². The third-order valence-electron chi connectivity index (χ3n) is 2.80. The van der Waals surface area contributed by atoms with E-state index in [9.17, 15) is 9.59 Å². The predicted octanol–water partition coefficient (Wildman–Crippen LogP) is 1.91. The van der Waals surface area contributed by atoms with E-state index in [1.807, 2.05) is 12.3 Å². The van der Waals surface area contributed by atoms with Gasteiger partial charge in [-0.3, -0.25) is 9.59 Å². The average Bonchev–Trinajstić information content (AvgIpc) is 2.79. The molecular weight excluding hydrogens is 290 g/mol. The number of amides is 2. The summed E-state index contributed by atoms with van der Waals surface area (Å²) in [5, 5.41) is 5.13. The Morgan fingerprint density at radius 3 is 2.71 bits per heavy atom. The molecule has 118 valence electrons. The van der Waals surface area contributed by atoms with Gasteiger partial charge in [0.25, 0.3) is 0 Å². The fourth-order valence-electron chi connectivity index (χ4n) is 1.66. The Hall–Kier alpha value is -1.47. The van der Waals surface area contributed by atoms with Gasteiger partial charge in [0.15, 0.2) is 5.13 Å². The van der Waals surface area contributed by atoms with Crippen LogP contribution in [-0.4, -0.2) is 48.5 Å². The van der Waals surface area contributed by atoms with Crippen LogP contribution in [0.1, 0.15) is 26.0 Å². The monoisotopic (exact) mass is 313 g/mol. The standard InChI is InChI=1S/C14H23N3O3S/c1-10(2)5-6-17(13(19)8-20-4)7-12(18)16-14-15-11(3)9-21-14/h9-10H,5-8H2,1-4H3,(H,15,16,18). The van der Waals surface area contributed by atoms with Crippen LogP contribution in [0.15, 0.2) is 5.38 Å². The second-order valence-corrected chi connectivity index (χ2v) is 6.13. The van der Waals surface area contributed by atoms with Gasteiger partial charge in [-0.05, 0) is 19.3 Å². The molecule has 21 heavy (non-hydrogen) atoms. The maximum atomic E-state index is 12.0. The van der Waals surface area contributed by atoms with Gasteiger partial charge in [0.05, 0.1) is 12.2 Å². The Morgan fingerprint density at radius 1 is 1.48 bits per heavy atom. The summed E-state index contributed by atoms with van der Waals surface area (Å²) in [5.74, 6) is 0.0497. The number of ether oxygens (including phenoxy) is 1. The van der Waals surface area contributed by atoms with Crippen LogP contribution in [0.2, 0.25) is 0 Å². The van der Waals surface area contributed by atoms with E-state index in [-0.39, 0.29) is 25.0 Å². The Bertz CT molecular complexity index is 474. The van der Waals surface area contributed by atoms with Crippen LogP contribution in [-0.2, 0) is 14.3 Å². The van der Waals surface area contributed by atoms with Crippen LogP contribution in [0.3, 0.4) is 0 Å². The Morgan fingerprint density at radius 2 is 2.19 bits per heavy atom. The molecule has 1 N–H and O–H groups in total. The molecule has 0 bridgehead atoms. The van der Waals surface area contributed by atoms with E-state index < -0.39 is 0 Å². The van der Waals surface area contributed by atoms with Gasteiger partial charge >= 0.3 is 0 Å². The Balaban J connectivity index is 2.57. The first kappa shape index (κ1) is 17.6. The van der Waals surface area contributed by atoms with Gasteiger partial charge in [-0.25, -0.2) is 4.98 Å². The number of hydrogen-bond acceptors (Lipinski definition) is 5. The van der Waals surface area contributed by atoms with Crippen LogP contribution in [0.5, 0.6) is 0 Å². The molecule has 0 aliphatic rings. The van der Waals surface area contributed by atoms with Crippen molar-refractivity contribution in [2.75, 3.05) is 32.1 Å². The lowest BCUT2D eigenvalue weighted by Crippen LogP contribution is -2.40. The topological polar surface area (TPSA) is 71.5 Å². The highest BCUT2D eigenvalue weighted by Crippen LogP contribution is 2.14. The summed E-state index contributed by atoms with van der Waals surface area (Å²) in [6.45, 7) is 6.58. The number of nitrogens with one attached hydrogen (secondary N) is 1. The number of thiazole rings is 1. The largest absolute Gasteiger partial charge is 0.375 e. The molecule has 7 heteroatoms. The lowest BCUT2D eigenvalue weighted by molar-refractivity contribution is -0.138. The highest BCUT2D eigenvalue weighted by Gasteiger charge is 2.18. The van der Waals surface area contributed by atoms with E-state index >= 15 is 0 Å². The summed E-state index contributed by atoms with van der Waals surface area (Å²) < 4.78 is 4.86. The number of aryl methyl sites for hydroxylation is 1. The number of hydrogen-bond donors (Lipinski definition) is 1. The molecule has 0 aliphatic carbocycles. The average molecular weight is 313 g/mol. The molecule has 0 radical (unpaired) electrons. The van der Waals surface area contributed by atoms with Crippen LogP contribution in [0.4, 0.5) is 5.13 Å². The SMILES string of the molecule is COCC(=O)N(CCC(C)C)CC(=O)Nc1nc(C)cs1. The minimum Gasteiger partial charge on any atom is -0.375 e. The lowest BCUT2D eigenvalue weighted by Gasteiger charge is -2.22. The van der Waals surface area contributed by atoms with Crippen LogP contribution >= 0.6 is 11.3 Å². The van der Waals surface area contributed by atoms with Crippen molar-refractivity contribution in [3.63, 3.8) is 0 Å². The van der Waals surface area contributed by atoms with Crippen molar-refractivity contribution in [3.8, 4) is 0 Å². The second kappa shape index (κ2) is 8.74. The summed E-state index contributed by atoms with van der Waals surface area (Å²) in [6, 6.07) is 0. The number of carbonyl (C=O) groups is 2. The number of aromatic nitrogens is 1. The van der Waals surface area contributed by atoms with Gasteiger partial charge in [-0.1, -0.05) is 13.8 Å². The number of carbonyl (C=O) groups excluding carboxylic acids is 2. The quantitative estimate of drug-likeness (QED) is 0.796. The fraction of sp³-hybridized carbons (Fsp3) is 0.643. The van der Waals surface area contributed by atoms with E-state index in [4.69, 9.17) is 4.74 Å². The van der Waals surface area contributed by atoms with Gasteiger partial charge < -0.3 is 15.0 Å². The van der Waals surface area contributed by atoms with E-state index in [0.29, 0.717) is 17.6 Å². The van der Waals surface area contributed by atoms with Crippen molar-refractivity contribution in [2.45, 2.75) is 27.2 Å². The fourth-order valence-corrected chi connectivity index (χ4v) is 2.37. The second-order valence-electron chi connectivity index (χ2n) is 5.27. The van der Waals surface area contributed by atoms with E-state index in [1.165, 1.54) is 23.3 Å². The zero-order chi connectivity index (χ0) is 15.8. The maximum Gasteiger partial charge on any atom is 0.249 e. The molecule has 0 unspecified atom stereocenters. The Labute approximate surface area is 129 Å². The van der Waals surface area contributed by atoms with Crippen molar-refractivity contribution in [2.24, 2.45) is 5.92 Å². The van der Waals surface area contributed by atoms with Crippen molar-refractivity contribution >= 4 is 28.3 Å². The zero-order valence-electron chi connectivity index (χ0n) is 13.0. The van der Waals surface area contributed by atoms with Crippen molar-refractivity contribution in [3.05, 3.63) is 11.1 Å². The zero-order valence-corrected chi connectivity index (χ0v) is 13.8. The summed E-state index contributed by atoms with van der Waals surface area (Å²) in [5.41, 5.74) is 0.863. The molecule has 0 atom stereocenters. The molecule has 1 heterocycles. The third-order valence-corrected chi connectivity index (χ3v) is 3.67. The molecule has 0 saturated carbocycles. The van der Waals surface area contributed by atoms with Gasteiger partial charge in [0.2, 0.25) is 11.8 Å². The van der Waals surface area contributed by atoms with E-state index in [2.05, 4.69) is 24.1 Å². The molecule has 0 saturated heterocycles. The molecule has 1 rings (SSSR count). The molecule has 0 aromatic carbocycles. The molecule has 0 fully saturated rings. The first-order valence-corrected chi connectivity index (χ1v) is 7.79. The molecule has 0 aliphatic heterocycles. The van der Waals surface area contributed by atoms with Crippen LogP contribution in [0.25, 0.3) is 0 Å². The predicted molar refractivity (Wildman–Crippen MR) is 83.4 cm³/mol. The maximum absolute atomic E-state index is 12.0. The number of rotatable bonds is 8. The molecule has 1 aromatic rings. The van der Waals surface area contributed by atoms with Crippen LogP contribution < -0.4 is 5.32 Å². The minimum absolute atomic E-state index is 0.0122. The Kier molecular flexibility index (Phi) is 7.31. The number of anilines is 1. The summed E-state index contributed by atoms with van der Waals surface area (Å²) in [6.07, 6.45) is 0.846. The highest BCUT2D eigenvalue weighted by molar-refractivity contribution is 7.13. The number of methoxy groups -OCH3 is 1. The smallest absolute Gasteiger partial charge is 0.249 e. The first-order valence-electron chi connectivity index (χ1n) is 6.91. The minimum atomic E-state index is -0.238. The third kappa shape index (κ3) is 6.68. The van der Waals surface area contributed by atoms with E-state index in [1.54, 1.807) is 0 Å². The van der Waals surface area contributed by atoms with Crippen LogP contribution in [0, 0.1) is 12.8 Å². The van der Waals surface area contributed by atoms with Gasteiger partial charge in [-0.15, -0.1) is 11.3 Å². The van der Waals surface area contributed by atoms with Gasteiger partial charge in [-0.2, -0.15) is 0 Å². The van der Waals surface area contributed by atoms with Crippen molar-refractivity contribution in [1.82, 2.24) is 9.88 Å². The molecule has 2 amide bonds. The molecule has 6 nitrogen and oxygen atoms in total. The summed E-state index contributed by atoms with van der Waals surface area (Å²) >= 11 is 1.37. The van der Waals surface area contributed by atoms with Gasteiger partial charge in [0, 0.05) is 19.0 Å². The molecular formula is C14H23N3O3S. The normalized spacial score (nSPS) is 10.7. The van der Waals surface area contributed by atoms with E-state index in [0.717, 1.165) is 12.1 Å². The summed E-state index contributed by atoms with van der Waals surface area (Å²) in [4.78, 5) is 29.7. The number of nitrogens with zero attached hydrogens (tertiary/aromatic N) is 2. The molecule has 0 spiro atoms. The summed E-state index contributed by atoms with van der Waals surface area (Å²) in [7, 11) is 1.47. The highest BCUT2D eigenvalue weighted by atomic mass is 32.1. The van der Waals surface area contributed by atoms with Gasteiger partial charge in [0.1, 0.15) is 6.61 Å². The molecule has 1 aromatic heterocycles. The van der Waals surface area contributed by atoms with Crippen molar-refractivity contribution < 1.29 is 14.3 Å².